The van der Waals surface area contributed by atoms with Crippen molar-refractivity contribution in [3.63, 3.8) is 0 Å². The average Bonchev–Trinajstić information content (AvgIpc) is 2.82. The van der Waals surface area contributed by atoms with Gasteiger partial charge in [0.25, 0.3) is 0 Å². The largest absolute Gasteiger partial charge is 0.354 e. The van der Waals surface area contributed by atoms with E-state index in [2.05, 4.69) is 11.4 Å². The Hall–Kier alpha value is -3.11. The van der Waals surface area contributed by atoms with Gasteiger partial charge in [0.1, 0.15) is 6.04 Å². The van der Waals surface area contributed by atoms with E-state index in [9.17, 15) is 9.59 Å². The fourth-order valence-corrected chi connectivity index (χ4v) is 3.93. The second-order valence-corrected chi connectivity index (χ2v) is 8.75. The van der Waals surface area contributed by atoms with Crippen LogP contribution in [0, 0.1) is 6.92 Å². The highest BCUT2D eigenvalue weighted by molar-refractivity contribution is 6.30. The molecule has 0 heterocycles. The third-order valence-electron chi connectivity index (χ3n) is 5.52. The molecule has 0 radical (unpaired) electrons. The standard InChI is InChI=1S/C28H31ClN2O2/c1-3-16-30-28(33)26(18-22-9-5-4-6-10-22)31(20-24-11-7-8-21(2)17-24)27(32)19-23-12-14-25(29)15-13-23/h4-15,17,26H,3,16,18-20H2,1-2H3,(H,30,33). The zero-order chi connectivity index (χ0) is 23.6. The lowest BCUT2D eigenvalue weighted by atomic mass is 10.0. The molecule has 3 aromatic rings. The Labute approximate surface area is 201 Å². The van der Waals surface area contributed by atoms with Crippen LogP contribution in [-0.4, -0.2) is 29.3 Å². The number of benzene rings is 3. The van der Waals surface area contributed by atoms with Crippen LogP contribution in [0.5, 0.6) is 0 Å². The fourth-order valence-electron chi connectivity index (χ4n) is 3.81. The summed E-state index contributed by atoms with van der Waals surface area (Å²) < 4.78 is 0. The number of nitrogens with one attached hydrogen (secondary N) is 1. The summed E-state index contributed by atoms with van der Waals surface area (Å²) in [6.45, 7) is 4.99. The van der Waals surface area contributed by atoms with Gasteiger partial charge in [-0.25, -0.2) is 0 Å². The monoisotopic (exact) mass is 462 g/mol. The van der Waals surface area contributed by atoms with Gasteiger partial charge in [0, 0.05) is 24.5 Å². The highest BCUT2D eigenvalue weighted by Gasteiger charge is 2.30. The molecular formula is C28H31ClN2O2. The van der Waals surface area contributed by atoms with Crippen molar-refractivity contribution in [2.24, 2.45) is 0 Å². The van der Waals surface area contributed by atoms with Crippen molar-refractivity contribution in [2.75, 3.05) is 6.54 Å². The lowest BCUT2D eigenvalue weighted by molar-refractivity contribution is -0.140. The molecule has 0 saturated heterocycles. The minimum Gasteiger partial charge on any atom is -0.354 e. The van der Waals surface area contributed by atoms with Crippen LogP contribution in [0.3, 0.4) is 0 Å². The first-order valence-corrected chi connectivity index (χ1v) is 11.7. The van der Waals surface area contributed by atoms with Crippen LogP contribution < -0.4 is 5.32 Å². The number of halogens is 1. The van der Waals surface area contributed by atoms with Crippen LogP contribution in [0.4, 0.5) is 0 Å². The summed E-state index contributed by atoms with van der Waals surface area (Å²) in [5, 5.41) is 3.63. The second-order valence-electron chi connectivity index (χ2n) is 8.31. The van der Waals surface area contributed by atoms with Crippen molar-refractivity contribution in [2.45, 2.75) is 45.7 Å². The minimum atomic E-state index is -0.612. The number of aryl methyl sites for hydroxylation is 1. The van der Waals surface area contributed by atoms with E-state index < -0.39 is 6.04 Å². The maximum Gasteiger partial charge on any atom is 0.243 e. The number of carbonyl (C=O) groups excluding carboxylic acids is 2. The summed E-state index contributed by atoms with van der Waals surface area (Å²) in [5.74, 6) is -0.218. The van der Waals surface area contributed by atoms with Gasteiger partial charge in [-0.05, 0) is 42.2 Å². The lowest BCUT2D eigenvalue weighted by Crippen LogP contribution is -2.51. The molecule has 3 rings (SSSR count). The first kappa shape index (κ1) is 24.5. The van der Waals surface area contributed by atoms with Gasteiger partial charge in [-0.15, -0.1) is 0 Å². The molecular weight excluding hydrogens is 432 g/mol. The molecule has 172 valence electrons. The molecule has 5 heteroatoms. The number of amides is 2. The predicted molar refractivity (Wildman–Crippen MR) is 134 cm³/mol. The number of carbonyl (C=O) groups is 2. The molecule has 0 saturated carbocycles. The van der Waals surface area contributed by atoms with Gasteiger partial charge < -0.3 is 10.2 Å². The Morgan fingerprint density at radius 1 is 0.909 bits per heavy atom. The van der Waals surface area contributed by atoms with Crippen LogP contribution >= 0.6 is 11.6 Å². The van der Waals surface area contributed by atoms with Gasteiger partial charge >= 0.3 is 0 Å². The SMILES string of the molecule is CCCNC(=O)C(Cc1ccccc1)N(Cc1cccc(C)c1)C(=O)Cc1ccc(Cl)cc1. The van der Waals surface area contributed by atoms with Crippen LogP contribution in [0.15, 0.2) is 78.9 Å². The Bertz CT molecular complexity index is 1050. The lowest BCUT2D eigenvalue weighted by Gasteiger charge is -2.32. The van der Waals surface area contributed by atoms with E-state index in [-0.39, 0.29) is 18.2 Å². The third-order valence-corrected chi connectivity index (χ3v) is 5.78. The number of nitrogens with zero attached hydrogens (tertiary/aromatic N) is 1. The third kappa shape index (κ3) is 7.47. The van der Waals surface area contributed by atoms with E-state index in [0.29, 0.717) is 24.5 Å². The molecule has 2 amide bonds. The maximum atomic E-state index is 13.6. The molecule has 0 aromatic heterocycles. The molecule has 3 aromatic carbocycles. The average molecular weight is 463 g/mol. The zero-order valence-electron chi connectivity index (χ0n) is 19.3. The van der Waals surface area contributed by atoms with Crippen molar-refractivity contribution < 1.29 is 9.59 Å². The summed E-state index contributed by atoms with van der Waals surface area (Å²) in [5.41, 5.74) is 4.00. The van der Waals surface area contributed by atoms with Crippen molar-refractivity contribution in [1.29, 1.82) is 0 Å². The quantitative estimate of drug-likeness (QED) is 0.441. The Morgan fingerprint density at radius 3 is 2.27 bits per heavy atom. The van der Waals surface area contributed by atoms with Gasteiger partial charge in [-0.1, -0.05) is 90.8 Å². The van der Waals surface area contributed by atoms with Gasteiger partial charge in [0.05, 0.1) is 6.42 Å². The first-order chi connectivity index (χ1) is 16.0. The van der Waals surface area contributed by atoms with Crippen molar-refractivity contribution in [1.82, 2.24) is 10.2 Å². The normalized spacial score (nSPS) is 11.6. The number of rotatable bonds is 10. The van der Waals surface area contributed by atoms with E-state index in [4.69, 9.17) is 11.6 Å². The molecule has 33 heavy (non-hydrogen) atoms. The highest BCUT2D eigenvalue weighted by atomic mass is 35.5. The summed E-state index contributed by atoms with van der Waals surface area (Å²) in [6.07, 6.45) is 1.49. The number of hydrogen-bond donors (Lipinski definition) is 1. The Balaban J connectivity index is 1.94. The van der Waals surface area contributed by atoms with Gasteiger partial charge in [0.15, 0.2) is 0 Å². The van der Waals surface area contributed by atoms with E-state index >= 15 is 0 Å². The summed E-state index contributed by atoms with van der Waals surface area (Å²) in [4.78, 5) is 28.6. The zero-order valence-corrected chi connectivity index (χ0v) is 20.0. The van der Waals surface area contributed by atoms with Crippen LogP contribution in [0.25, 0.3) is 0 Å². The molecule has 1 unspecified atom stereocenters. The highest BCUT2D eigenvalue weighted by Crippen LogP contribution is 2.18. The predicted octanol–water partition coefficient (Wildman–Crippen LogP) is 5.36. The summed E-state index contributed by atoms with van der Waals surface area (Å²) in [6, 6.07) is 24.6. The van der Waals surface area contributed by atoms with Gasteiger partial charge in [-0.3, -0.25) is 9.59 Å². The Kier molecular flexibility index (Phi) is 9.08. The van der Waals surface area contributed by atoms with Crippen LogP contribution in [-0.2, 0) is 29.0 Å². The molecule has 0 aliphatic heterocycles. The summed E-state index contributed by atoms with van der Waals surface area (Å²) >= 11 is 6.02. The molecule has 0 spiro atoms. The first-order valence-electron chi connectivity index (χ1n) is 11.4. The summed E-state index contributed by atoms with van der Waals surface area (Å²) in [7, 11) is 0. The molecule has 1 atom stereocenters. The molecule has 0 fully saturated rings. The fraction of sp³-hybridized carbons (Fsp3) is 0.286. The second kappa shape index (κ2) is 12.2. The van der Waals surface area contributed by atoms with E-state index in [0.717, 1.165) is 28.7 Å². The topological polar surface area (TPSA) is 49.4 Å². The van der Waals surface area contributed by atoms with E-state index in [1.807, 2.05) is 74.5 Å². The molecule has 4 nitrogen and oxygen atoms in total. The minimum absolute atomic E-state index is 0.0913. The number of hydrogen-bond acceptors (Lipinski definition) is 2. The van der Waals surface area contributed by atoms with E-state index in [1.54, 1.807) is 17.0 Å². The van der Waals surface area contributed by atoms with Crippen LogP contribution in [0.1, 0.15) is 35.6 Å². The van der Waals surface area contributed by atoms with E-state index in [1.165, 1.54) is 0 Å². The van der Waals surface area contributed by atoms with Gasteiger partial charge in [-0.2, -0.15) is 0 Å². The van der Waals surface area contributed by atoms with Crippen LogP contribution in [0.2, 0.25) is 5.02 Å². The Morgan fingerprint density at radius 2 is 1.61 bits per heavy atom. The molecule has 1 N–H and O–H groups in total. The molecule has 0 bridgehead atoms. The molecule has 0 aliphatic carbocycles. The van der Waals surface area contributed by atoms with Gasteiger partial charge in [0.2, 0.25) is 11.8 Å². The van der Waals surface area contributed by atoms with Crippen molar-refractivity contribution in [3.8, 4) is 0 Å². The maximum absolute atomic E-state index is 13.6. The van der Waals surface area contributed by atoms with Crippen molar-refractivity contribution in [3.05, 3.63) is 106 Å². The smallest absolute Gasteiger partial charge is 0.243 e. The van der Waals surface area contributed by atoms with Crippen molar-refractivity contribution >= 4 is 23.4 Å². The molecule has 0 aliphatic rings.